The molecule has 4 heterocycles. The fourth-order valence-electron chi connectivity index (χ4n) is 14.9. The molecule has 0 amide bonds. The summed E-state index contributed by atoms with van der Waals surface area (Å²) in [4.78, 5) is 31.7. The van der Waals surface area contributed by atoms with Gasteiger partial charge in [-0.25, -0.2) is 29.9 Å². The van der Waals surface area contributed by atoms with Crippen molar-refractivity contribution in [3.8, 4) is 124 Å². The van der Waals surface area contributed by atoms with Crippen LogP contribution in [0.25, 0.3) is 168 Å². The van der Waals surface area contributed by atoms with Crippen molar-refractivity contribution in [2.75, 3.05) is 0 Å². The molecule has 13 aromatic carbocycles. The Bertz CT molecular complexity index is 5460. The van der Waals surface area contributed by atoms with Crippen LogP contribution in [-0.4, -0.2) is 39.0 Å². The first-order chi connectivity index (χ1) is 48.0. The highest BCUT2D eigenvalue weighted by molar-refractivity contribution is 6.12. The molecule has 98 heavy (non-hydrogen) atoms. The first-order valence-corrected chi connectivity index (χ1v) is 33.4. The maximum Gasteiger partial charge on any atom is 0.164 e. The number of nitrogens with zero attached hydrogens (tertiary/aromatic N) is 8. The standard InChI is InChI=1S/C90H66N8/c1-55-42-57(3)83(58(4)43-55)67-38-40-81-77(53-67)75-34-19-21-36-79(75)97(81)73-49-69(47-71(51-73)89-93-85(61-24-11-7-12-25-61)91-86(94-89)62-26-13-8-14-27-62)65-32-23-33-66(46-65)70-48-72(90-95-87(63-28-15-9-16-29-63)92-88(96-90)64-30-17-10-18-31-64)52-74(50-70)98-80-37-22-20-35-76(80)78-54-68(39-41-82(78)98)84-59(5)44-56(2)45-60(84)6/h7-54H,1-6H3. The molecule has 8 heteroatoms. The van der Waals surface area contributed by atoms with Gasteiger partial charge in [-0.2, -0.15) is 0 Å². The SMILES string of the molecule is Cc1cc(C)c(-c2ccc3c(c2)c2ccccc2n3-c2cc(-c3cccc(-c4cc(-c5nc(-c6ccccc6)nc(-c6ccccc6)n5)cc(-n5c6ccccc6c6cc(-c7c(C)cc(C)cc7C)ccc65)c4)c3)cc(-c3nc(-c4ccccc4)nc(-c4ccccc4)n3)c2)c(C)c1. The lowest BCUT2D eigenvalue weighted by molar-refractivity contribution is 1.07. The first-order valence-electron chi connectivity index (χ1n) is 33.4. The molecule has 0 saturated carbocycles. The van der Waals surface area contributed by atoms with Gasteiger partial charge in [0.25, 0.3) is 0 Å². The van der Waals surface area contributed by atoms with Crippen molar-refractivity contribution in [1.29, 1.82) is 0 Å². The van der Waals surface area contributed by atoms with Crippen LogP contribution in [0.2, 0.25) is 0 Å². The maximum atomic E-state index is 5.36. The van der Waals surface area contributed by atoms with Gasteiger partial charge in [-0.15, -0.1) is 0 Å². The van der Waals surface area contributed by atoms with Crippen LogP contribution in [-0.2, 0) is 0 Å². The highest BCUT2D eigenvalue weighted by Crippen LogP contribution is 2.43. The third-order valence-electron chi connectivity index (χ3n) is 19.1. The van der Waals surface area contributed by atoms with Crippen LogP contribution in [0.3, 0.4) is 0 Å². The molecule has 8 nitrogen and oxygen atoms in total. The molecule has 0 N–H and O–H groups in total. The van der Waals surface area contributed by atoms with E-state index in [1.807, 2.05) is 72.8 Å². The van der Waals surface area contributed by atoms with Crippen LogP contribution in [0.5, 0.6) is 0 Å². The van der Waals surface area contributed by atoms with E-state index < -0.39 is 0 Å². The Morgan fingerprint density at radius 3 is 0.816 bits per heavy atom. The molecular formula is C90H66N8. The van der Waals surface area contributed by atoms with E-state index in [-0.39, 0.29) is 0 Å². The zero-order valence-electron chi connectivity index (χ0n) is 55.3. The van der Waals surface area contributed by atoms with Crippen molar-refractivity contribution in [3.63, 3.8) is 0 Å². The quantitative estimate of drug-likeness (QED) is 0.121. The summed E-state index contributed by atoms with van der Waals surface area (Å²) in [6.45, 7) is 13.2. The lowest BCUT2D eigenvalue weighted by Crippen LogP contribution is -2.02. The van der Waals surface area contributed by atoms with Gasteiger partial charge in [-0.05, 0) is 187 Å². The average molecular weight is 1260 g/mol. The molecule has 0 aliphatic heterocycles. The van der Waals surface area contributed by atoms with E-state index >= 15 is 0 Å². The summed E-state index contributed by atoms with van der Waals surface area (Å²) in [7, 11) is 0. The smallest absolute Gasteiger partial charge is 0.164 e. The third-order valence-corrected chi connectivity index (χ3v) is 19.1. The van der Waals surface area contributed by atoms with Crippen molar-refractivity contribution in [2.24, 2.45) is 0 Å². The lowest BCUT2D eigenvalue weighted by Gasteiger charge is -2.16. The molecule has 0 fully saturated rings. The average Bonchev–Trinajstić information content (AvgIpc) is 1.52. The van der Waals surface area contributed by atoms with Gasteiger partial charge in [0.1, 0.15) is 0 Å². The number of rotatable bonds is 12. The summed E-state index contributed by atoms with van der Waals surface area (Å²) in [5, 5.41) is 4.68. The molecule has 0 spiro atoms. The summed E-state index contributed by atoms with van der Waals surface area (Å²) >= 11 is 0. The summed E-state index contributed by atoms with van der Waals surface area (Å²) in [6, 6.07) is 104. The van der Waals surface area contributed by atoms with Crippen LogP contribution in [0.4, 0.5) is 0 Å². The fraction of sp³-hybridized carbons (Fsp3) is 0.0667. The van der Waals surface area contributed by atoms with E-state index in [2.05, 4.69) is 269 Å². The van der Waals surface area contributed by atoms with Crippen LogP contribution >= 0.6 is 0 Å². The largest absolute Gasteiger partial charge is 0.309 e. The predicted molar refractivity (Wildman–Crippen MR) is 405 cm³/mol. The molecule has 466 valence electrons. The topological polar surface area (TPSA) is 87.2 Å². The zero-order valence-corrected chi connectivity index (χ0v) is 55.3. The number of hydrogen-bond donors (Lipinski definition) is 0. The molecule has 0 atom stereocenters. The Balaban J connectivity index is 0.895. The number of aromatic nitrogens is 8. The Kier molecular flexibility index (Phi) is 14.7. The number of benzene rings is 13. The summed E-state index contributed by atoms with van der Waals surface area (Å²) in [6.07, 6.45) is 0. The van der Waals surface area contributed by atoms with Crippen molar-refractivity contribution in [3.05, 3.63) is 325 Å². The second-order valence-corrected chi connectivity index (χ2v) is 25.9. The second kappa shape index (κ2) is 24.4. The lowest BCUT2D eigenvalue weighted by atomic mass is 9.93. The van der Waals surface area contributed by atoms with Crippen molar-refractivity contribution in [1.82, 2.24) is 39.0 Å². The molecule has 0 saturated heterocycles. The molecule has 0 radical (unpaired) electrons. The summed E-state index contributed by atoms with van der Waals surface area (Å²) in [5.41, 5.74) is 28.1. The van der Waals surface area contributed by atoms with E-state index in [0.29, 0.717) is 34.9 Å². The van der Waals surface area contributed by atoms with E-state index in [4.69, 9.17) is 29.9 Å². The van der Waals surface area contributed by atoms with Crippen LogP contribution in [0.15, 0.2) is 291 Å². The second-order valence-electron chi connectivity index (χ2n) is 25.9. The minimum absolute atomic E-state index is 0.562. The highest BCUT2D eigenvalue weighted by atomic mass is 15.1. The minimum atomic E-state index is 0.562. The maximum absolute atomic E-state index is 5.36. The predicted octanol–water partition coefficient (Wildman–Crippen LogP) is 22.8. The molecule has 0 aliphatic carbocycles. The van der Waals surface area contributed by atoms with Gasteiger partial charge in [0.15, 0.2) is 34.9 Å². The van der Waals surface area contributed by atoms with Gasteiger partial charge >= 0.3 is 0 Å². The Morgan fingerprint density at radius 1 is 0.194 bits per heavy atom. The van der Waals surface area contributed by atoms with Gasteiger partial charge in [0.2, 0.25) is 0 Å². The molecule has 0 unspecified atom stereocenters. The monoisotopic (exact) mass is 1260 g/mol. The zero-order chi connectivity index (χ0) is 66.1. The molecule has 0 aliphatic rings. The Morgan fingerprint density at radius 2 is 0.469 bits per heavy atom. The van der Waals surface area contributed by atoms with E-state index in [1.54, 1.807) is 0 Å². The van der Waals surface area contributed by atoms with E-state index in [1.165, 1.54) is 77.2 Å². The van der Waals surface area contributed by atoms with Gasteiger partial charge in [-0.1, -0.05) is 223 Å². The van der Waals surface area contributed by atoms with Crippen LogP contribution in [0, 0.1) is 41.5 Å². The Labute approximate surface area is 569 Å². The number of aryl methyl sites for hydroxylation is 6. The number of hydrogen-bond acceptors (Lipinski definition) is 6. The van der Waals surface area contributed by atoms with Crippen LogP contribution < -0.4 is 0 Å². The highest BCUT2D eigenvalue weighted by Gasteiger charge is 2.23. The fourth-order valence-corrected chi connectivity index (χ4v) is 14.9. The van der Waals surface area contributed by atoms with Gasteiger partial charge in [0, 0.05) is 66.3 Å². The van der Waals surface area contributed by atoms with E-state index in [0.717, 1.165) is 89.1 Å². The molecule has 0 bridgehead atoms. The number of para-hydroxylation sites is 2. The molecule has 4 aromatic heterocycles. The molecule has 17 aromatic rings. The van der Waals surface area contributed by atoms with Crippen LogP contribution in [0.1, 0.15) is 33.4 Å². The molecule has 17 rings (SSSR count). The summed E-state index contributed by atoms with van der Waals surface area (Å²) < 4.78 is 4.82. The normalized spacial score (nSPS) is 11.6. The van der Waals surface area contributed by atoms with Gasteiger partial charge < -0.3 is 9.13 Å². The van der Waals surface area contributed by atoms with Gasteiger partial charge in [-0.3, -0.25) is 0 Å². The van der Waals surface area contributed by atoms with Crippen molar-refractivity contribution < 1.29 is 0 Å². The first kappa shape index (κ1) is 59.2. The summed E-state index contributed by atoms with van der Waals surface area (Å²) in [5.74, 6) is 3.50. The van der Waals surface area contributed by atoms with Gasteiger partial charge in [0.05, 0.1) is 22.1 Å². The van der Waals surface area contributed by atoms with Crippen molar-refractivity contribution >= 4 is 43.6 Å². The van der Waals surface area contributed by atoms with E-state index in [9.17, 15) is 0 Å². The molecular weight excluding hydrogens is 1190 g/mol. The minimum Gasteiger partial charge on any atom is -0.309 e. The Hall–Kier alpha value is -12.5. The van der Waals surface area contributed by atoms with Crippen molar-refractivity contribution in [2.45, 2.75) is 41.5 Å². The number of fused-ring (bicyclic) bond motifs is 6. The third kappa shape index (κ3) is 10.8.